The molecule has 0 spiro atoms. The first-order chi connectivity index (χ1) is 5.79. The fourth-order valence-electron chi connectivity index (χ4n) is 1.46. The first kappa shape index (κ1) is 9.72. The molecule has 70 valence electrons. The van der Waals surface area contributed by atoms with Crippen molar-refractivity contribution in [3.05, 3.63) is 0 Å². The van der Waals surface area contributed by atoms with Gasteiger partial charge in [0.15, 0.2) is 5.78 Å². The van der Waals surface area contributed by atoms with Crippen molar-refractivity contribution >= 4 is 5.78 Å². The minimum atomic E-state index is -0.0741. The van der Waals surface area contributed by atoms with E-state index in [1.165, 1.54) is 12.8 Å². The second-order valence-electron chi connectivity index (χ2n) is 3.43. The predicted octanol–water partition coefficient (Wildman–Crippen LogP) is 2.17. The highest BCUT2D eigenvalue weighted by Gasteiger charge is 2.35. The predicted molar refractivity (Wildman–Crippen MR) is 48.1 cm³/mol. The highest BCUT2D eigenvalue weighted by atomic mass is 16.5. The number of hydrogen-bond donors (Lipinski definition) is 0. The summed E-state index contributed by atoms with van der Waals surface area (Å²) in [5.74, 6) is 0.853. The summed E-state index contributed by atoms with van der Waals surface area (Å²) < 4.78 is 5.43. The Balaban J connectivity index is 2.34. The Hall–Kier alpha value is -0.370. The minimum Gasteiger partial charge on any atom is -0.370 e. The van der Waals surface area contributed by atoms with Crippen LogP contribution in [0.1, 0.15) is 39.5 Å². The highest BCUT2D eigenvalue weighted by molar-refractivity contribution is 5.83. The summed E-state index contributed by atoms with van der Waals surface area (Å²) in [5, 5.41) is 0. The molecule has 1 atom stereocenters. The van der Waals surface area contributed by atoms with Crippen LogP contribution in [-0.4, -0.2) is 18.5 Å². The maximum atomic E-state index is 11.5. The molecule has 1 aliphatic rings. The van der Waals surface area contributed by atoms with Gasteiger partial charge >= 0.3 is 0 Å². The van der Waals surface area contributed by atoms with Crippen molar-refractivity contribution in [2.75, 3.05) is 6.61 Å². The van der Waals surface area contributed by atoms with Crippen LogP contribution < -0.4 is 0 Å². The molecule has 1 aliphatic carbocycles. The van der Waals surface area contributed by atoms with Gasteiger partial charge in [0.05, 0.1) is 0 Å². The van der Waals surface area contributed by atoms with Crippen LogP contribution in [0.4, 0.5) is 0 Å². The molecule has 12 heavy (non-hydrogen) atoms. The van der Waals surface area contributed by atoms with Gasteiger partial charge in [-0.1, -0.05) is 6.92 Å². The standard InChI is InChI=1S/C10H18O2/c1-3-5-9(11)10(12-4-2)8-6-7-8/h8,10H,3-7H2,1-2H3. The van der Waals surface area contributed by atoms with Crippen molar-refractivity contribution in [1.29, 1.82) is 0 Å². The minimum absolute atomic E-state index is 0.0741. The average Bonchev–Trinajstić information content (AvgIpc) is 2.83. The first-order valence-corrected chi connectivity index (χ1v) is 4.93. The molecule has 2 nitrogen and oxygen atoms in total. The number of ketones is 1. The number of carbonyl (C=O) groups is 1. The van der Waals surface area contributed by atoms with Gasteiger partial charge in [0.25, 0.3) is 0 Å². The maximum absolute atomic E-state index is 11.5. The van der Waals surface area contributed by atoms with Gasteiger partial charge in [0.2, 0.25) is 0 Å². The summed E-state index contributed by atoms with van der Waals surface area (Å²) >= 11 is 0. The number of ether oxygens (including phenoxy) is 1. The molecule has 0 radical (unpaired) electrons. The Labute approximate surface area is 74.3 Å². The van der Waals surface area contributed by atoms with Crippen molar-refractivity contribution in [2.45, 2.75) is 45.6 Å². The van der Waals surface area contributed by atoms with Crippen LogP contribution in [0.3, 0.4) is 0 Å². The molecule has 1 unspecified atom stereocenters. The third-order valence-electron chi connectivity index (χ3n) is 2.21. The van der Waals surface area contributed by atoms with Gasteiger partial charge in [-0.05, 0) is 32.1 Å². The van der Waals surface area contributed by atoms with E-state index >= 15 is 0 Å². The van der Waals surface area contributed by atoms with Gasteiger partial charge in [-0.3, -0.25) is 4.79 Å². The quantitative estimate of drug-likeness (QED) is 0.610. The molecule has 0 bridgehead atoms. The molecule has 0 saturated heterocycles. The van der Waals surface area contributed by atoms with E-state index in [4.69, 9.17) is 4.74 Å². The molecule has 0 heterocycles. The van der Waals surface area contributed by atoms with Crippen LogP contribution >= 0.6 is 0 Å². The smallest absolute Gasteiger partial charge is 0.161 e. The summed E-state index contributed by atoms with van der Waals surface area (Å²) in [6, 6.07) is 0. The van der Waals surface area contributed by atoms with E-state index < -0.39 is 0 Å². The molecule has 0 amide bonds. The topological polar surface area (TPSA) is 26.3 Å². The number of Topliss-reactive ketones (excluding diaryl/α,β-unsaturated/α-hetero) is 1. The zero-order valence-electron chi connectivity index (χ0n) is 8.01. The number of rotatable bonds is 6. The van der Waals surface area contributed by atoms with Crippen molar-refractivity contribution in [3.63, 3.8) is 0 Å². The van der Waals surface area contributed by atoms with Crippen LogP contribution in [0.2, 0.25) is 0 Å². The van der Waals surface area contributed by atoms with Crippen LogP contribution in [-0.2, 0) is 9.53 Å². The number of hydrogen-bond acceptors (Lipinski definition) is 2. The van der Waals surface area contributed by atoms with Gasteiger partial charge < -0.3 is 4.74 Å². The fourth-order valence-corrected chi connectivity index (χ4v) is 1.46. The second kappa shape index (κ2) is 4.61. The largest absolute Gasteiger partial charge is 0.370 e. The third kappa shape index (κ3) is 2.59. The molecule has 1 fully saturated rings. The van der Waals surface area contributed by atoms with Crippen LogP contribution in [0, 0.1) is 5.92 Å². The van der Waals surface area contributed by atoms with Gasteiger partial charge in [0, 0.05) is 13.0 Å². The molecular formula is C10H18O2. The van der Waals surface area contributed by atoms with Crippen LogP contribution in [0.5, 0.6) is 0 Å². The Morgan fingerprint density at radius 2 is 2.17 bits per heavy atom. The van der Waals surface area contributed by atoms with Gasteiger partial charge in [0.1, 0.15) is 6.10 Å². The molecule has 0 aromatic carbocycles. The lowest BCUT2D eigenvalue weighted by Crippen LogP contribution is -2.26. The van der Waals surface area contributed by atoms with Crippen molar-refractivity contribution in [1.82, 2.24) is 0 Å². The van der Waals surface area contributed by atoms with E-state index in [0.717, 1.165) is 6.42 Å². The molecule has 0 aromatic rings. The Morgan fingerprint density at radius 3 is 2.58 bits per heavy atom. The summed E-state index contributed by atoms with van der Waals surface area (Å²) in [5.41, 5.74) is 0. The van der Waals surface area contributed by atoms with Crippen LogP contribution in [0.15, 0.2) is 0 Å². The molecule has 1 rings (SSSR count). The fraction of sp³-hybridized carbons (Fsp3) is 0.900. The van der Waals surface area contributed by atoms with Gasteiger partial charge in [-0.25, -0.2) is 0 Å². The summed E-state index contributed by atoms with van der Waals surface area (Å²) in [6.45, 7) is 4.65. The maximum Gasteiger partial charge on any atom is 0.161 e. The Bertz CT molecular complexity index is 150. The lowest BCUT2D eigenvalue weighted by molar-refractivity contribution is -0.131. The molecule has 2 heteroatoms. The SMILES string of the molecule is CCCC(=O)C(OCC)C1CC1. The van der Waals surface area contributed by atoms with Crippen molar-refractivity contribution in [2.24, 2.45) is 5.92 Å². The summed E-state index contributed by atoms with van der Waals surface area (Å²) in [4.78, 5) is 11.5. The summed E-state index contributed by atoms with van der Waals surface area (Å²) in [6.07, 6.45) is 3.91. The lowest BCUT2D eigenvalue weighted by Gasteiger charge is -2.13. The van der Waals surface area contributed by atoms with E-state index in [-0.39, 0.29) is 6.10 Å². The van der Waals surface area contributed by atoms with Crippen molar-refractivity contribution in [3.8, 4) is 0 Å². The lowest BCUT2D eigenvalue weighted by atomic mass is 10.1. The van der Waals surface area contributed by atoms with E-state index in [1.54, 1.807) is 0 Å². The monoisotopic (exact) mass is 170 g/mol. The molecule has 1 saturated carbocycles. The molecule has 0 aliphatic heterocycles. The molecular weight excluding hydrogens is 152 g/mol. The second-order valence-corrected chi connectivity index (χ2v) is 3.43. The Morgan fingerprint density at radius 1 is 1.50 bits per heavy atom. The normalized spacial score (nSPS) is 19.2. The summed E-state index contributed by atoms with van der Waals surface area (Å²) in [7, 11) is 0. The zero-order valence-corrected chi connectivity index (χ0v) is 8.01. The molecule has 0 N–H and O–H groups in total. The highest BCUT2D eigenvalue weighted by Crippen LogP contribution is 2.35. The van der Waals surface area contributed by atoms with Crippen molar-refractivity contribution < 1.29 is 9.53 Å². The van der Waals surface area contributed by atoms with Gasteiger partial charge in [-0.2, -0.15) is 0 Å². The van der Waals surface area contributed by atoms with E-state index in [0.29, 0.717) is 24.7 Å². The van der Waals surface area contributed by atoms with E-state index in [9.17, 15) is 4.79 Å². The Kier molecular flexibility index (Phi) is 3.73. The average molecular weight is 170 g/mol. The third-order valence-corrected chi connectivity index (χ3v) is 2.21. The molecule has 0 aromatic heterocycles. The number of carbonyl (C=O) groups excluding carboxylic acids is 1. The van der Waals surface area contributed by atoms with Gasteiger partial charge in [-0.15, -0.1) is 0 Å². The zero-order chi connectivity index (χ0) is 8.97. The van der Waals surface area contributed by atoms with E-state index in [2.05, 4.69) is 0 Å². The van der Waals surface area contributed by atoms with Crippen LogP contribution in [0.25, 0.3) is 0 Å². The van der Waals surface area contributed by atoms with E-state index in [1.807, 2.05) is 13.8 Å². The first-order valence-electron chi connectivity index (χ1n) is 4.93.